The quantitative estimate of drug-likeness (QED) is 0.514. The highest BCUT2D eigenvalue weighted by Crippen LogP contribution is 2.44. The van der Waals surface area contributed by atoms with Crippen molar-refractivity contribution in [1.29, 1.82) is 0 Å². The number of carboxylic acids is 1. The first-order valence-electron chi connectivity index (χ1n) is 9.60. The number of nitrogens with one attached hydrogen (secondary N) is 1. The van der Waals surface area contributed by atoms with E-state index < -0.39 is 18.1 Å². The number of fused-ring (bicyclic) bond motifs is 3. The molecule has 1 amide bonds. The highest BCUT2D eigenvalue weighted by Gasteiger charge is 2.29. The summed E-state index contributed by atoms with van der Waals surface area (Å²) < 4.78 is 6.37. The summed E-state index contributed by atoms with van der Waals surface area (Å²) in [5.41, 5.74) is 5.29. The molecule has 1 aliphatic carbocycles. The molecular weight excluding hydrogens is 493 g/mol. The van der Waals surface area contributed by atoms with Crippen LogP contribution < -0.4 is 10.4 Å². The zero-order chi connectivity index (χ0) is 21.1. The van der Waals surface area contributed by atoms with E-state index in [-0.39, 0.29) is 18.9 Å². The van der Waals surface area contributed by atoms with E-state index in [0.29, 0.717) is 0 Å². The molecule has 0 aliphatic heterocycles. The topological polar surface area (TPSA) is 78.5 Å². The molecule has 5 nitrogen and oxygen atoms in total. The largest absolute Gasteiger partial charge is 0.548 e. The third-order valence-corrected chi connectivity index (χ3v) is 6.35. The minimum Gasteiger partial charge on any atom is -0.548 e. The summed E-state index contributed by atoms with van der Waals surface area (Å²) in [5.74, 6) is -1.43. The van der Waals surface area contributed by atoms with Crippen LogP contribution in [-0.4, -0.2) is 24.7 Å². The Labute approximate surface area is 188 Å². The molecular formula is C24H19INO4-. The van der Waals surface area contributed by atoms with Crippen LogP contribution in [0.3, 0.4) is 0 Å². The molecule has 30 heavy (non-hydrogen) atoms. The third kappa shape index (κ3) is 4.18. The van der Waals surface area contributed by atoms with Crippen LogP contribution in [-0.2, 0) is 16.0 Å². The second-order valence-electron chi connectivity index (χ2n) is 7.14. The summed E-state index contributed by atoms with van der Waals surface area (Å²) in [6, 6.07) is 22.3. The van der Waals surface area contributed by atoms with Crippen LogP contribution in [0.25, 0.3) is 11.1 Å². The fourth-order valence-corrected chi connectivity index (χ4v) is 4.47. The van der Waals surface area contributed by atoms with Gasteiger partial charge in [0.25, 0.3) is 0 Å². The second kappa shape index (κ2) is 8.87. The summed E-state index contributed by atoms with van der Waals surface area (Å²) in [5, 5.41) is 14.0. The number of alkyl carbamates (subject to hydrolysis) is 1. The van der Waals surface area contributed by atoms with Crippen molar-refractivity contribution in [1.82, 2.24) is 5.32 Å². The monoisotopic (exact) mass is 512 g/mol. The summed E-state index contributed by atoms with van der Waals surface area (Å²) in [7, 11) is 0. The van der Waals surface area contributed by atoms with Gasteiger partial charge in [0.05, 0.1) is 12.0 Å². The van der Waals surface area contributed by atoms with Gasteiger partial charge in [-0.25, -0.2) is 4.79 Å². The predicted octanol–water partition coefficient (Wildman–Crippen LogP) is 3.49. The molecule has 0 bridgehead atoms. The molecule has 0 fully saturated rings. The van der Waals surface area contributed by atoms with Gasteiger partial charge in [0.1, 0.15) is 6.61 Å². The molecule has 0 aromatic heterocycles. The molecule has 0 heterocycles. The maximum atomic E-state index is 12.4. The molecule has 3 aromatic carbocycles. The van der Waals surface area contributed by atoms with Gasteiger partial charge in [-0.2, -0.15) is 0 Å². The van der Waals surface area contributed by atoms with E-state index in [1.165, 1.54) is 0 Å². The van der Waals surface area contributed by atoms with E-state index in [9.17, 15) is 14.7 Å². The Kier molecular flexibility index (Phi) is 6.03. The number of amides is 1. The fourth-order valence-electron chi connectivity index (χ4n) is 3.86. The Morgan fingerprint density at radius 2 is 1.50 bits per heavy atom. The SMILES string of the molecule is O=C(N[C@H](Cc1ccccc1I)C(=O)[O-])OCC1c2ccccc2-c2ccccc21. The summed E-state index contributed by atoms with van der Waals surface area (Å²) in [6.07, 6.45) is -0.636. The van der Waals surface area contributed by atoms with Gasteiger partial charge in [0.2, 0.25) is 0 Å². The molecule has 0 unspecified atom stereocenters. The zero-order valence-corrected chi connectivity index (χ0v) is 18.2. The highest BCUT2D eigenvalue weighted by atomic mass is 127. The smallest absolute Gasteiger partial charge is 0.407 e. The summed E-state index contributed by atoms with van der Waals surface area (Å²) >= 11 is 2.14. The van der Waals surface area contributed by atoms with Crippen molar-refractivity contribution in [2.45, 2.75) is 18.4 Å². The molecule has 0 radical (unpaired) electrons. The Balaban J connectivity index is 1.44. The number of carbonyl (C=O) groups excluding carboxylic acids is 2. The van der Waals surface area contributed by atoms with Crippen LogP contribution in [0.15, 0.2) is 72.8 Å². The molecule has 1 atom stereocenters. The molecule has 0 saturated carbocycles. The lowest BCUT2D eigenvalue weighted by Crippen LogP contribution is -2.49. The lowest BCUT2D eigenvalue weighted by Gasteiger charge is -2.21. The Morgan fingerprint density at radius 1 is 0.933 bits per heavy atom. The highest BCUT2D eigenvalue weighted by molar-refractivity contribution is 14.1. The van der Waals surface area contributed by atoms with Crippen molar-refractivity contribution in [3.05, 3.63) is 93.1 Å². The van der Waals surface area contributed by atoms with Crippen molar-refractivity contribution in [2.24, 2.45) is 0 Å². The Morgan fingerprint density at radius 3 is 2.10 bits per heavy atom. The van der Waals surface area contributed by atoms with Gasteiger partial charge in [0, 0.05) is 9.49 Å². The van der Waals surface area contributed by atoms with E-state index >= 15 is 0 Å². The number of benzene rings is 3. The molecule has 0 spiro atoms. The van der Waals surface area contributed by atoms with Crippen LogP contribution in [0.2, 0.25) is 0 Å². The number of ether oxygens (including phenoxy) is 1. The van der Waals surface area contributed by atoms with Crippen molar-refractivity contribution in [3.63, 3.8) is 0 Å². The van der Waals surface area contributed by atoms with Crippen LogP contribution in [0.5, 0.6) is 0 Å². The average Bonchev–Trinajstić information content (AvgIpc) is 3.07. The first-order chi connectivity index (χ1) is 14.5. The van der Waals surface area contributed by atoms with Crippen molar-refractivity contribution in [2.75, 3.05) is 6.61 Å². The molecule has 1 aliphatic rings. The van der Waals surface area contributed by atoms with E-state index in [1.807, 2.05) is 60.7 Å². The zero-order valence-electron chi connectivity index (χ0n) is 16.0. The number of hydrogen-bond acceptors (Lipinski definition) is 4. The van der Waals surface area contributed by atoms with Gasteiger partial charge in [-0.15, -0.1) is 0 Å². The lowest BCUT2D eigenvalue weighted by atomic mass is 9.98. The van der Waals surface area contributed by atoms with Crippen LogP contribution >= 0.6 is 22.6 Å². The minimum absolute atomic E-state index is 0.0837. The first-order valence-corrected chi connectivity index (χ1v) is 10.7. The first kappa shape index (κ1) is 20.4. The van der Waals surface area contributed by atoms with Crippen LogP contribution in [0.1, 0.15) is 22.6 Å². The van der Waals surface area contributed by atoms with E-state index in [4.69, 9.17) is 4.74 Å². The van der Waals surface area contributed by atoms with Crippen LogP contribution in [0, 0.1) is 3.57 Å². The maximum absolute atomic E-state index is 12.4. The number of aliphatic carboxylic acids is 1. The number of carboxylic acid groups (broad SMARTS) is 1. The van der Waals surface area contributed by atoms with Gasteiger partial charge in [-0.05, 0) is 62.9 Å². The van der Waals surface area contributed by atoms with E-state index in [2.05, 4.69) is 40.0 Å². The average molecular weight is 512 g/mol. The van der Waals surface area contributed by atoms with Crippen molar-refractivity contribution in [3.8, 4) is 11.1 Å². The Hall–Kier alpha value is -2.87. The predicted molar refractivity (Wildman–Crippen MR) is 120 cm³/mol. The van der Waals surface area contributed by atoms with Gasteiger partial charge in [-0.3, -0.25) is 0 Å². The number of halogens is 1. The maximum Gasteiger partial charge on any atom is 0.407 e. The second-order valence-corrected chi connectivity index (χ2v) is 8.30. The fraction of sp³-hybridized carbons (Fsp3) is 0.167. The number of carbonyl (C=O) groups is 2. The molecule has 6 heteroatoms. The van der Waals surface area contributed by atoms with E-state index in [1.54, 1.807) is 0 Å². The molecule has 1 N–H and O–H groups in total. The minimum atomic E-state index is -1.34. The van der Waals surface area contributed by atoms with Gasteiger partial charge >= 0.3 is 6.09 Å². The van der Waals surface area contributed by atoms with Crippen molar-refractivity contribution < 1.29 is 19.4 Å². The Bertz CT molecular complexity index is 1050. The molecule has 152 valence electrons. The normalized spacial score (nSPS) is 13.2. The van der Waals surface area contributed by atoms with Gasteiger partial charge < -0.3 is 20.0 Å². The van der Waals surface area contributed by atoms with Gasteiger partial charge in [0.15, 0.2) is 0 Å². The third-order valence-electron chi connectivity index (χ3n) is 5.30. The number of hydrogen-bond donors (Lipinski definition) is 1. The van der Waals surface area contributed by atoms with Crippen molar-refractivity contribution >= 4 is 34.7 Å². The van der Waals surface area contributed by atoms with E-state index in [0.717, 1.165) is 31.4 Å². The lowest BCUT2D eigenvalue weighted by molar-refractivity contribution is -0.308. The summed E-state index contributed by atoms with van der Waals surface area (Å²) in [6.45, 7) is 0.127. The standard InChI is InChI=1S/C24H20INO4/c25-21-12-6-1-7-15(21)13-22(23(27)28)26-24(29)30-14-20-18-10-4-2-8-16(18)17-9-3-5-11-19(17)20/h1-12,20,22H,13-14H2,(H,26,29)(H,27,28)/p-1/t22-/m1/s1. The molecule has 4 rings (SSSR count). The molecule has 3 aromatic rings. The van der Waals surface area contributed by atoms with Gasteiger partial charge in [-0.1, -0.05) is 66.7 Å². The summed E-state index contributed by atoms with van der Waals surface area (Å²) in [4.78, 5) is 23.9. The molecule has 0 saturated heterocycles. The van der Waals surface area contributed by atoms with Crippen LogP contribution in [0.4, 0.5) is 4.79 Å². The number of rotatable bonds is 6.